The van der Waals surface area contributed by atoms with E-state index in [-0.39, 0.29) is 40.7 Å². The van der Waals surface area contributed by atoms with Crippen LogP contribution in [0.5, 0.6) is 11.5 Å². The van der Waals surface area contributed by atoms with Gasteiger partial charge in [-0.1, -0.05) is 0 Å². The van der Waals surface area contributed by atoms with Crippen molar-refractivity contribution >= 4 is 27.3 Å². The number of amides is 2. The van der Waals surface area contributed by atoms with E-state index in [4.69, 9.17) is 4.74 Å². The summed E-state index contributed by atoms with van der Waals surface area (Å²) in [5, 5.41) is 2.48. The van der Waals surface area contributed by atoms with Gasteiger partial charge in [-0.25, -0.2) is 17.2 Å². The molecule has 0 aliphatic carbocycles. The Hall–Kier alpha value is -4.40. The van der Waals surface area contributed by atoms with E-state index in [0.29, 0.717) is 5.56 Å². The average molecular weight is 638 g/mol. The number of methoxy groups -OCH3 is 1. The van der Waals surface area contributed by atoms with Crippen molar-refractivity contribution in [3.63, 3.8) is 0 Å². The highest BCUT2D eigenvalue weighted by Crippen LogP contribution is 2.37. The van der Waals surface area contributed by atoms with Gasteiger partial charge in [0.05, 0.1) is 24.7 Å². The number of hydrogen-bond donors (Lipinski definition) is 1. The van der Waals surface area contributed by atoms with Crippen LogP contribution >= 0.6 is 0 Å². The Morgan fingerprint density at radius 2 is 1.70 bits per heavy atom. The summed E-state index contributed by atoms with van der Waals surface area (Å²) in [7, 11) is -2.14. The number of carbonyl (C=O) groups is 2. The van der Waals surface area contributed by atoms with Crippen LogP contribution in [0.2, 0.25) is 0 Å². The monoisotopic (exact) mass is 637 g/mol. The number of nitrogens with one attached hydrogen (secondary N) is 1. The summed E-state index contributed by atoms with van der Waals surface area (Å²) in [5.41, 5.74) is -1.03. The summed E-state index contributed by atoms with van der Waals surface area (Å²) in [6.07, 6.45) is 1.64. The molecule has 3 atom stereocenters. The fourth-order valence-electron chi connectivity index (χ4n) is 5.64. The maximum atomic E-state index is 15.3. The summed E-state index contributed by atoms with van der Waals surface area (Å²) in [6, 6.07) is 5.73. The van der Waals surface area contributed by atoms with Gasteiger partial charge in [0.15, 0.2) is 9.84 Å². The minimum absolute atomic E-state index is 0.0621. The molecule has 3 heterocycles. The highest BCUT2D eigenvalue weighted by molar-refractivity contribution is 7.91. The molecule has 2 saturated heterocycles. The van der Waals surface area contributed by atoms with Crippen LogP contribution in [0.25, 0.3) is 0 Å². The first kappa shape index (κ1) is 31.0. The zero-order valence-electron chi connectivity index (χ0n) is 23.4. The second-order valence-corrected chi connectivity index (χ2v) is 12.8. The molecule has 2 aliphatic heterocycles. The number of aromatic nitrogens is 1. The maximum absolute atomic E-state index is 15.3. The van der Waals surface area contributed by atoms with Crippen molar-refractivity contribution in [1.82, 2.24) is 9.88 Å². The molecule has 234 valence electrons. The molecule has 1 aromatic heterocycles. The van der Waals surface area contributed by atoms with Gasteiger partial charge in [0.25, 0.3) is 11.5 Å². The predicted molar refractivity (Wildman–Crippen MR) is 150 cm³/mol. The molecule has 15 heteroatoms. The van der Waals surface area contributed by atoms with Gasteiger partial charge in [0, 0.05) is 41.9 Å². The van der Waals surface area contributed by atoms with Crippen LogP contribution < -0.4 is 25.2 Å². The van der Waals surface area contributed by atoms with Crippen LogP contribution in [-0.4, -0.2) is 62.6 Å². The van der Waals surface area contributed by atoms with Gasteiger partial charge >= 0.3 is 6.61 Å². The summed E-state index contributed by atoms with van der Waals surface area (Å²) in [4.78, 5) is 41.8. The third kappa shape index (κ3) is 6.00. The Bertz CT molecular complexity index is 1760. The number of alkyl halides is 2. The van der Waals surface area contributed by atoms with Gasteiger partial charge in [0.2, 0.25) is 5.91 Å². The molecule has 2 aromatic carbocycles. The molecule has 44 heavy (non-hydrogen) atoms. The van der Waals surface area contributed by atoms with E-state index in [9.17, 15) is 31.6 Å². The fourth-order valence-corrected chi connectivity index (χ4v) is 7.35. The second kappa shape index (κ2) is 11.9. The van der Waals surface area contributed by atoms with Crippen molar-refractivity contribution < 1.29 is 45.0 Å². The molecule has 2 amide bonds. The summed E-state index contributed by atoms with van der Waals surface area (Å²) >= 11 is 0. The molecule has 3 aromatic rings. The zero-order chi connectivity index (χ0) is 31.9. The molecule has 0 bridgehead atoms. The lowest BCUT2D eigenvalue weighted by molar-refractivity contribution is -0.118. The SMILES string of the molecule is COc1cc(F)c([C@@H]2CN(c3c(C)ccn(C4CCS(=O)(=O)C4)c3=O)C(=O)[C@H]2NC(=O)c2ccc(OC(F)F)cc2)c(F)c1. The van der Waals surface area contributed by atoms with E-state index in [0.717, 1.165) is 29.2 Å². The first-order valence-electron chi connectivity index (χ1n) is 13.4. The largest absolute Gasteiger partial charge is 0.497 e. The number of carbonyl (C=O) groups excluding carboxylic acids is 2. The van der Waals surface area contributed by atoms with Crippen LogP contribution in [0.4, 0.5) is 23.2 Å². The molecule has 2 aliphatic rings. The molecule has 1 N–H and O–H groups in total. The highest BCUT2D eigenvalue weighted by Gasteiger charge is 2.46. The van der Waals surface area contributed by atoms with Gasteiger partial charge < -0.3 is 24.3 Å². The minimum atomic E-state index is -3.36. The van der Waals surface area contributed by atoms with Gasteiger partial charge in [-0.3, -0.25) is 14.4 Å². The van der Waals surface area contributed by atoms with Gasteiger partial charge in [-0.05, 0) is 49.2 Å². The Balaban J connectivity index is 1.54. The standard InChI is InChI=1S/C29H27F4N3O7S/c1-15-7-9-35(17-8-10-44(40,41)14-17)28(39)25(15)36-13-20(23-21(30)11-19(42-2)12-22(23)31)24(27(36)38)34-26(37)16-3-5-18(6-4-16)43-29(32)33/h3-7,9,11-12,17,20,24,29H,8,10,13-14H2,1-2H3,(H,34,37)/t17?,20-,24-/m0/s1. The lowest BCUT2D eigenvalue weighted by atomic mass is 9.92. The van der Waals surface area contributed by atoms with E-state index in [2.05, 4.69) is 10.1 Å². The van der Waals surface area contributed by atoms with Gasteiger partial charge in [0.1, 0.15) is 34.9 Å². The first-order chi connectivity index (χ1) is 20.8. The van der Waals surface area contributed by atoms with Crippen molar-refractivity contribution in [3.05, 3.63) is 87.3 Å². The minimum Gasteiger partial charge on any atom is -0.497 e. The Morgan fingerprint density at radius 1 is 1.05 bits per heavy atom. The molecule has 0 spiro atoms. The van der Waals surface area contributed by atoms with Crippen molar-refractivity contribution in [2.24, 2.45) is 0 Å². The number of nitrogens with zero attached hydrogens (tertiary/aromatic N) is 2. The number of halogens is 4. The van der Waals surface area contributed by atoms with Crippen molar-refractivity contribution in [3.8, 4) is 11.5 Å². The molecule has 0 radical (unpaired) electrons. The van der Waals surface area contributed by atoms with Crippen LogP contribution in [0.15, 0.2) is 53.5 Å². The first-order valence-corrected chi connectivity index (χ1v) is 15.2. The number of sulfone groups is 1. The van der Waals surface area contributed by atoms with Gasteiger partial charge in [-0.2, -0.15) is 8.78 Å². The third-order valence-electron chi connectivity index (χ3n) is 7.77. The number of pyridine rings is 1. The molecule has 2 fully saturated rings. The molecular weight excluding hydrogens is 610 g/mol. The zero-order valence-corrected chi connectivity index (χ0v) is 24.2. The number of ether oxygens (including phenoxy) is 2. The molecule has 10 nitrogen and oxygen atoms in total. The van der Waals surface area contributed by atoms with Gasteiger partial charge in [-0.15, -0.1) is 0 Å². The normalized spacial score (nSPS) is 21.1. The smallest absolute Gasteiger partial charge is 0.387 e. The number of aryl methyl sites for hydroxylation is 1. The number of anilines is 1. The van der Waals surface area contributed by atoms with E-state index >= 15 is 8.78 Å². The lowest BCUT2D eigenvalue weighted by Gasteiger charge is -2.22. The van der Waals surface area contributed by atoms with Crippen LogP contribution in [0, 0.1) is 18.6 Å². The maximum Gasteiger partial charge on any atom is 0.387 e. The van der Waals surface area contributed by atoms with Crippen LogP contribution in [0.1, 0.15) is 39.9 Å². The highest BCUT2D eigenvalue weighted by atomic mass is 32.2. The molecule has 0 saturated carbocycles. The van der Waals surface area contributed by atoms with Crippen LogP contribution in [-0.2, 0) is 14.6 Å². The predicted octanol–water partition coefficient (Wildman–Crippen LogP) is 3.33. The van der Waals surface area contributed by atoms with E-state index in [1.54, 1.807) is 6.92 Å². The topological polar surface area (TPSA) is 124 Å². The van der Waals surface area contributed by atoms with E-state index in [1.807, 2.05) is 0 Å². The molecule has 1 unspecified atom stereocenters. The quantitative estimate of drug-likeness (QED) is 0.376. The molecular formula is C29H27F4N3O7S. The van der Waals surface area contributed by atoms with Crippen molar-refractivity contribution in [2.45, 2.75) is 38.0 Å². The third-order valence-corrected chi connectivity index (χ3v) is 9.52. The fraction of sp³-hybridized carbons (Fsp3) is 0.345. The second-order valence-electron chi connectivity index (χ2n) is 10.5. The molecule has 5 rings (SSSR count). The number of benzene rings is 2. The lowest BCUT2D eigenvalue weighted by Crippen LogP contribution is -2.45. The van der Waals surface area contributed by atoms with Crippen molar-refractivity contribution in [2.75, 3.05) is 30.1 Å². The summed E-state index contributed by atoms with van der Waals surface area (Å²) in [6.45, 7) is -1.94. The van der Waals surface area contributed by atoms with E-state index < -0.39 is 75.6 Å². The Kier molecular flexibility index (Phi) is 8.42. The average Bonchev–Trinajstić information content (AvgIpc) is 3.47. The summed E-state index contributed by atoms with van der Waals surface area (Å²) in [5.74, 6) is -5.81. The number of hydrogen-bond acceptors (Lipinski definition) is 7. The van der Waals surface area contributed by atoms with Crippen LogP contribution in [0.3, 0.4) is 0 Å². The van der Waals surface area contributed by atoms with E-state index in [1.165, 1.54) is 36.1 Å². The number of rotatable bonds is 8. The Labute approximate surface area is 249 Å². The summed E-state index contributed by atoms with van der Waals surface area (Å²) < 4.78 is 90.3. The Morgan fingerprint density at radius 3 is 2.27 bits per heavy atom. The van der Waals surface area contributed by atoms with Crippen molar-refractivity contribution in [1.29, 1.82) is 0 Å².